The molecule has 2 rings (SSSR count). The highest BCUT2D eigenvalue weighted by Crippen LogP contribution is 2.14. The van der Waals surface area contributed by atoms with Crippen LogP contribution in [0.3, 0.4) is 0 Å². The average molecular weight is 433 g/mol. The number of benzene rings is 1. The van der Waals surface area contributed by atoms with Crippen LogP contribution in [0.4, 0.5) is 5.69 Å². The van der Waals surface area contributed by atoms with Gasteiger partial charge < -0.3 is 10.2 Å². The molecule has 0 aliphatic carbocycles. The Morgan fingerprint density at radius 3 is 2.20 bits per heavy atom. The summed E-state index contributed by atoms with van der Waals surface area (Å²) in [5, 5.41) is 2.66. The van der Waals surface area contributed by atoms with Gasteiger partial charge in [0.25, 0.3) is 10.1 Å². The molecule has 0 radical (unpaired) electrons. The van der Waals surface area contributed by atoms with Gasteiger partial charge in [0.15, 0.2) is 12.4 Å². The minimum absolute atomic E-state index is 0.120. The van der Waals surface area contributed by atoms with Crippen molar-refractivity contribution in [3.05, 3.63) is 59.9 Å². The molecular formula is C22H30N3O4S+. The number of hydrogen-bond acceptors (Lipinski definition) is 4. The first-order chi connectivity index (χ1) is 14.2. The smallest absolute Gasteiger partial charge is 0.264 e. The van der Waals surface area contributed by atoms with Crippen LogP contribution in [0.2, 0.25) is 0 Å². The van der Waals surface area contributed by atoms with Crippen LogP contribution in [0.25, 0.3) is 12.2 Å². The largest absolute Gasteiger partial charge is 0.378 e. The van der Waals surface area contributed by atoms with E-state index in [0.29, 0.717) is 19.4 Å². The number of aryl methyl sites for hydroxylation is 1. The van der Waals surface area contributed by atoms with Crippen LogP contribution in [0.15, 0.2) is 48.8 Å². The fourth-order valence-corrected chi connectivity index (χ4v) is 3.31. The van der Waals surface area contributed by atoms with Gasteiger partial charge in [-0.15, -0.1) is 0 Å². The van der Waals surface area contributed by atoms with Crippen LogP contribution in [-0.4, -0.2) is 45.3 Å². The second-order valence-electron chi connectivity index (χ2n) is 7.28. The third-order valence-corrected chi connectivity index (χ3v) is 5.32. The molecule has 0 fully saturated rings. The number of carbonyl (C=O) groups excluding carboxylic acids is 1. The maximum Gasteiger partial charge on any atom is 0.264 e. The van der Waals surface area contributed by atoms with Crippen molar-refractivity contribution in [2.45, 2.75) is 25.8 Å². The Kier molecular flexibility index (Phi) is 9.01. The maximum atomic E-state index is 11.7. The van der Waals surface area contributed by atoms with E-state index in [1.165, 1.54) is 5.69 Å². The Balaban J connectivity index is 1.72. The lowest BCUT2D eigenvalue weighted by Gasteiger charge is -2.11. The van der Waals surface area contributed by atoms with Crippen molar-refractivity contribution < 1.29 is 22.3 Å². The molecule has 0 atom stereocenters. The van der Waals surface area contributed by atoms with Gasteiger partial charge in [-0.1, -0.05) is 24.3 Å². The van der Waals surface area contributed by atoms with Gasteiger partial charge in [0, 0.05) is 51.3 Å². The zero-order chi connectivity index (χ0) is 22.0. The molecule has 0 aliphatic rings. The highest BCUT2D eigenvalue weighted by Gasteiger charge is 2.07. The van der Waals surface area contributed by atoms with Gasteiger partial charge in [-0.2, -0.15) is 8.42 Å². The summed E-state index contributed by atoms with van der Waals surface area (Å²) in [5.74, 6) is -0.462. The van der Waals surface area contributed by atoms with Crippen LogP contribution < -0.4 is 14.8 Å². The van der Waals surface area contributed by atoms with E-state index in [4.69, 9.17) is 4.55 Å². The van der Waals surface area contributed by atoms with E-state index in [1.54, 1.807) is 0 Å². The number of nitrogens with zero attached hydrogens (tertiary/aromatic N) is 2. The van der Waals surface area contributed by atoms with Gasteiger partial charge in [-0.3, -0.25) is 9.35 Å². The number of rotatable bonds is 11. The molecule has 30 heavy (non-hydrogen) atoms. The van der Waals surface area contributed by atoms with Crippen molar-refractivity contribution in [3.8, 4) is 0 Å². The average Bonchev–Trinajstić information content (AvgIpc) is 2.70. The second-order valence-corrected chi connectivity index (χ2v) is 8.85. The first-order valence-corrected chi connectivity index (χ1v) is 11.5. The fraction of sp³-hybridized carbons (Fsp3) is 0.364. The molecule has 0 saturated heterocycles. The summed E-state index contributed by atoms with van der Waals surface area (Å²) in [7, 11) is 0.0714. The summed E-state index contributed by atoms with van der Waals surface area (Å²) in [6, 6.07) is 12.4. The first kappa shape index (κ1) is 23.6. The number of hydrogen-bond donors (Lipinski definition) is 2. The molecule has 2 N–H and O–H groups in total. The summed E-state index contributed by atoms with van der Waals surface area (Å²) in [6.45, 7) is 0.957. The van der Waals surface area contributed by atoms with E-state index in [-0.39, 0.29) is 24.6 Å². The Hall–Kier alpha value is -2.71. The highest BCUT2D eigenvalue weighted by molar-refractivity contribution is 7.85. The minimum atomic E-state index is -3.96. The molecule has 7 nitrogen and oxygen atoms in total. The van der Waals surface area contributed by atoms with E-state index in [0.717, 1.165) is 11.1 Å². The molecular weight excluding hydrogens is 402 g/mol. The molecule has 0 saturated carbocycles. The number of carbonyl (C=O) groups is 1. The Bertz CT molecular complexity index is 937. The molecule has 1 heterocycles. The Labute approximate surface area is 178 Å². The summed E-state index contributed by atoms with van der Waals surface area (Å²) >= 11 is 0. The molecule has 162 valence electrons. The van der Waals surface area contributed by atoms with E-state index in [1.807, 2.05) is 43.2 Å². The second kappa shape index (κ2) is 11.5. The lowest BCUT2D eigenvalue weighted by atomic mass is 10.1. The van der Waals surface area contributed by atoms with Crippen LogP contribution in [0.5, 0.6) is 0 Å². The zero-order valence-corrected chi connectivity index (χ0v) is 18.3. The maximum absolute atomic E-state index is 11.7. The minimum Gasteiger partial charge on any atom is -0.378 e. The van der Waals surface area contributed by atoms with E-state index < -0.39 is 10.1 Å². The number of aromatic nitrogens is 1. The zero-order valence-electron chi connectivity index (χ0n) is 17.5. The lowest BCUT2D eigenvalue weighted by molar-refractivity contribution is -0.697. The predicted octanol–water partition coefficient (Wildman–Crippen LogP) is 2.38. The Morgan fingerprint density at radius 2 is 1.63 bits per heavy atom. The molecule has 0 aliphatic heterocycles. The molecule has 0 unspecified atom stereocenters. The molecule has 1 aromatic carbocycles. The van der Waals surface area contributed by atoms with Crippen LogP contribution in [-0.2, 0) is 21.5 Å². The van der Waals surface area contributed by atoms with Crippen molar-refractivity contribution in [1.82, 2.24) is 5.32 Å². The summed E-state index contributed by atoms with van der Waals surface area (Å²) in [5.41, 5.74) is 3.40. The van der Waals surface area contributed by atoms with E-state index in [2.05, 4.69) is 46.6 Å². The predicted molar refractivity (Wildman–Crippen MR) is 120 cm³/mol. The van der Waals surface area contributed by atoms with Gasteiger partial charge in [0.2, 0.25) is 5.91 Å². The monoisotopic (exact) mass is 432 g/mol. The van der Waals surface area contributed by atoms with E-state index in [9.17, 15) is 13.2 Å². The van der Waals surface area contributed by atoms with Crippen molar-refractivity contribution in [2.24, 2.45) is 0 Å². The van der Waals surface area contributed by atoms with Crippen LogP contribution in [0, 0.1) is 0 Å². The van der Waals surface area contributed by atoms with Gasteiger partial charge in [0.1, 0.15) is 6.54 Å². The van der Waals surface area contributed by atoms with Gasteiger partial charge >= 0.3 is 0 Å². The highest BCUT2D eigenvalue weighted by atomic mass is 32.2. The fourth-order valence-electron chi connectivity index (χ4n) is 2.80. The topological polar surface area (TPSA) is 90.6 Å². The lowest BCUT2D eigenvalue weighted by Crippen LogP contribution is -2.33. The SMILES string of the molecule is CN(C)c1ccc(/C=C/c2cc[n+](CCCC(=O)NCCCS(=O)(=O)O)cc2)cc1. The summed E-state index contributed by atoms with van der Waals surface area (Å²) in [6.07, 6.45) is 9.36. The number of pyridine rings is 1. The quantitative estimate of drug-likeness (QED) is 0.323. The molecule has 0 bridgehead atoms. The van der Waals surface area contributed by atoms with Crippen molar-refractivity contribution in [2.75, 3.05) is 31.3 Å². The Morgan fingerprint density at radius 1 is 1.03 bits per heavy atom. The third-order valence-electron chi connectivity index (χ3n) is 4.52. The van der Waals surface area contributed by atoms with Gasteiger partial charge in [-0.25, -0.2) is 4.57 Å². The standard InChI is InChI=1S/C22H29N3O4S/c1-24(2)21-10-8-19(9-11-21)6-7-20-12-16-25(17-13-20)15-3-5-22(26)23-14-4-18-30(27,28)29/h6-13,16-17H,3-5,14-15,18H2,1-2H3,(H-,23,26,27,28,29)/p+1. The van der Waals surface area contributed by atoms with Gasteiger partial charge in [-0.05, 0) is 29.7 Å². The molecule has 0 spiro atoms. The summed E-state index contributed by atoms with van der Waals surface area (Å²) in [4.78, 5) is 13.8. The van der Waals surface area contributed by atoms with Crippen LogP contribution in [0.1, 0.15) is 30.4 Å². The molecule has 2 aromatic rings. The van der Waals surface area contributed by atoms with Gasteiger partial charge in [0.05, 0.1) is 5.75 Å². The third kappa shape index (κ3) is 9.19. The van der Waals surface area contributed by atoms with E-state index >= 15 is 0 Å². The molecule has 8 heteroatoms. The first-order valence-electron chi connectivity index (χ1n) is 9.89. The normalized spacial score (nSPS) is 11.6. The summed E-state index contributed by atoms with van der Waals surface area (Å²) < 4.78 is 31.9. The number of anilines is 1. The molecule has 1 amide bonds. The van der Waals surface area contributed by atoms with Crippen molar-refractivity contribution in [3.63, 3.8) is 0 Å². The van der Waals surface area contributed by atoms with Crippen LogP contribution >= 0.6 is 0 Å². The van der Waals surface area contributed by atoms with Crippen molar-refractivity contribution in [1.29, 1.82) is 0 Å². The van der Waals surface area contributed by atoms with Crippen molar-refractivity contribution >= 4 is 33.9 Å². The number of amides is 1. The molecule has 1 aromatic heterocycles. The number of nitrogens with one attached hydrogen (secondary N) is 1.